The molecule has 0 aliphatic carbocycles. The van der Waals surface area contributed by atoms with Crippen LogP contribution in [0.4, 0.5) is 0 Å². The summed E-state index contributed by atoms with van der Waals surface area (Å²) in [5.41, 5.74) is 2.59. The van der Waals surface area contributed by atoms with E-state index in [4.69, 9.17) is 0 Å². The summed E-state index contributed by atoms with van der Waals surface area (Å²) in [6.07, 6.45) is 0. The van der Waals surface area contributed by atoms with Crippen LogP contribution in [0.15, 0.2) is 46.8 Å². The van der Waals surface area contributed by atoms with Crippen LogP contribution in [0.25, 0.3) is 0 Å². The number of benzene rings is 1. The third-order valence-electron chi connectivity index (χ3n) is 2.94. The number of hydrogen-bond donors (Lipinski definition) is 2. The van der Waals surface area contributed by atoms with Gasteiger partial charge in [-0.3, -0.25) is 4.99 Å². The summed E-state index contributed by atoms with van der Waals surface area (Å²) in [6, 6.07) is 12.6. The SMILES string of the molecule is CN=C(NCc1cccs1)NCc1ccccc1C. The lowest BCUT2D eigenvalue weighted by Crippen LogP contribution is -2.36. The summed E-state index contributed by atoms with van der Waals surface area (Å²) in [7, 11) is 1.79. The molecule has 0 saturated carbocycles. The van der Waals surface area contributed by atoms with Crippen molar-refractivity contribution in [2.75, 3.05) is 7.05 Å². The molecule has 0 aliphatic heterocycles. The number of aliphatic imine (C=N–C) groups is 1. The lowest BCUT2D eigenvalue weighted by atomic mass is 10.1. The third kappa shape index (κ3) is 4.10. The zero-order chi connectivity index (χ0) is 13.5. The molecule has 2 aromatic rings. The molecule has 2 N–H and O–H groups in total. The van der Waals surface area contributed by atoms with Crippen LogP contribution in [0.2, 0.25) is 0 Å². The van der Waals surface area contributed by atoms with E-state index in [0.717, 1.165) is 19.0 Å². The first-order valence-corrected chi connectivity index (χ1v) is 7.19. The summed E-state index contributed by atoms with van der Waals surface area (Å²) < 4.78 is 0. The van der Waals surface area contributed by atoms with Gasteiger partial charge in [0.1, 0.15) is 0 Å². The maximum Gasteiger partial charge on any atom is 0.191 e. The van der Waals surface area contributed by atoms with Gasteiger partial charge in [-0.2, -0.15) is 0 Å². The lowest BCUT2D eigenvalue weighted by Gasteiger charge is -2.12. The van der Waals surface area contributed by atoms with Gasteiger partial charge in [0.15, 0.2) is 5.96 Å². The van der Waals surface area contributed by atoms with Crippen LogP contribution in [0.3, 0.4) is 0 Å². The highest BCUT2D eigenvalue weighted by atomic mass is 32.1. The van der Waals surface area contributed by atoms with E-state index >= 15 is 0 Å². The van der Waals surface area contributed by atoms with Crippen LogP contribution < -0.4 is 10.6 Å². The predicted molar refractivity (Wildman–Crippen MR) is 82.5 cm³/mol. The molecule has 1 heterocycles. The number of hydrogen-bond acceptors (Lipinski definition) is 2. The molecule has 0 unspecified atom stereocenters. The molecule has 0 bridgehead atoms. The summed E-state index contributed by atoms with van der Waals surface area (Å²) in [5, 5.41) is 8.73. The Bertz CT molecular complexity index is 532. The fourth-order valence-corrected chi connectivity index (χ4v) is 2.44. The van der Waals surface area contributed by atoms with E-state index in [9.17, 15) is 0 Å². The Morgan fingerprint density at radius 1 is 1.11 bits per heavy atom. The fourth-order valence-electron chi connectivity index (χ4n) is 1.79. The van der Waals surface area contributed by atoms with Crippen LogP contribution >= 0.6 is 11.3 Å². The van der Waals surface area contributed by atoms with Crippen molar-refractivity contribution in [3.05, 3.63) is 57.8 Å². The van der Waals surface area contributed by atoms with Gasteiger partial charge in [-0.25, -0.2) is 0 Å². The molecule has 4 heteroatoms. The highest BCUT2D eigenvalue weighted by Crippen LogP contribution is 2.08. The van der Waals surface area contributed by atoms with Gasteiger partial charge in [0.2, 0.25) is 0 Å². The van der Waals surface area contributed by atoms with Crippen molar-refractivity contribution in [3.8, 4) is 0 Å². The summed E-state index contributed by atoms with van der Waals surface area (Å²) in [5.74, 6) is 0.830. The van der Waals surface area contributed by atoms with E-state index < -0.39 is 0 Å². The number of rotatable bonds is 4. The molecule has 3 nitrogen and oxygen atoms in total. The second kappa shape index (κ2) is 6.95. The van der Waals surface area contributed by atoms with E-state index in [-0.39, 0.29) is 0 Å². The van der Waals surface area contributed by atoms with Crippen molar-refractivity contribution in [2.24, 2.45) is 4.99 Å². The molecule has 0 amide bonds. The van der Waals surface area contributed by atoms with E-state index in [1.165, 1.54) is 16.0 Å². The Morgan fingerprint density at radius 2 is 1.89 bits per heavy atom. The van der Waals surface area contributed by atoms with Gasteiger partial charge in [0, 0.05) is 18.5 Å². The Kier molecular flexibility index (Phi) is 4.98. The number of guanidine groups is 1. The minimum Gasteiger partial charge on any atom is -0.352 e. The average Bonchev–Trinajstić information content (AvgIpc) is 2.94. The monoisotopic (exact) mass is 273 g/mol. The van der Waals surface area contributed by atoms with Crippen molar-refractivity contribution in [1.29, 1.82) is 0 Å². The van der Waals surface area contributed by atoms with Crippen LogP contribution in [-0.2, 0) is 13.1 Å². The minimum absolute atomic E-state index is 0.788. The molecule has 0 saturated heterocycles. The van der Waals surface area contributed by atoms with E-state index in [2.05, 4.69) is 64.3 Å². The van der Waals surface area contributed by atoms with Crippen molar-refractivity contribution in [2.45, 2.75) is 20.0 Å². The average molecular weight is 273 g/mol. The lowest BCUT2D eigenvalue weighted by molar-refractivity contribution is 0.812. The van der Waals surface area contributed by atoms with Crippen molar-refractivity contribution < 1.29 is 0 Å². The number of nitrogens with one attached hydrogen (secondary N) is 2. The van der Waals surface area contributed by atoms with Crippen LogP contribution in [0, 0.1) is 6.92 Å². The summed E-state index contributed by atoms with van der Waals surface area (Å²) >= 11 is 1.75. The molecule has 0 atom stereocenters. The number of aryl methyl sites for hydroxylation is 1. The van der Waals surface area contributed by atoms with Gasteiger partial charge in [0.05, 0.1) is 6.54 Å². The van der Waals surface area contributed by atoms with Crippen molar-refractivity contribution in [3.63, 3.8) is 0 Å². The molecular formula is C15H19N3S. The largest absolute Gasteiger partial charge is 0.352 e. The van der Waals surface area contributed by atoms with Gasteiger partial charge in [0.25, 0.3) is 0 Å². The quantitative estimate of drug-likeness (QED) is 0.664. The maximum absolute atomic E-state index is 4.23. The van der Waals surface area contributed by atoms with Crippen LogP contribution in [0.1, 0.15) is 16.0 Å². The zero-order valence-corrected chi connectivity index (χ0v) is 12.1. The molecule has 19 heavy (non-hydrogen) atoms. The van der Waals surface area contributed by atoms with Crippen molar-refractivity contribution >= 4 is 17.3 Å². The molecule has 100 valence electrons. The Morgan fingerprint density at radius 3 is 2.58 bits per heavy atom. The standard InChI is InChI=1S/C15H19N3S/c1-12-6-3-4-7-13(12)10-17-15(16-2)18-11-14-8-5-9-19-14/h3-9H,10-11H2,1-2H3,(H2,16,17,18). The molecule has 0 aliphatic rings. The Balaban J connectivity index is 1.85. The summed E-state index contributed by atoms with van der Waals surface area (Å²) in [6.45, 7) is 3.72. The normalized spacial score (nSPS) is 11.4. The smallest absolute Gasteiger partial charge is 0.191 e. The first kappa shape index (κ1) is 13.6. The minimum atomic E-state index is 0.788. The van der Waals surface area contributed by atoms with Gasteiger partial charge in [-0.15, -0.1) is 11.3 Å². The van der Waals surface area contributed by atoms with Gasteiger partial charge >= 0.3 is 0 Å². The fraction of sp³-hybridized carbons (Fsp3) is 0.267. The third-order valence-corrected chi connectivity index (χ3v) is 3.82. The Hall–Kier alpha value is -1.81. The van der Waals surface area contributed by atoms with Gasteiger partial charge < -0.3 is 10.6 Å². The summed E-state index contributed by atoms with van der Waals surface area (Å²) in [4.78, 5) is 5.54. The zero-order valence-electron chi connectivity index (χ0n) is 11.3. The molecule has 1 aromatic heterocycles. The molecular weight excluding hydrogens is 254 g/mol. The highest BCUT2D eigenvalue weighted by Gasteiger charge is 2.01. The van der Waals surface area contributed by atoms with Crippen molar-refractivity contribution in [1.82, 2.24) is 10.6 Å². The second-order valence-electron chi connectivity index (χ2n) is 4.29. The second-order valence-corrected chi connectivity index (χ2v) is 5.32. The number of thiophene rings is 1. The molecule has 2 rings (SSSR count). The van der Waals surface area contributed by atoms with Crippen LogP contribution in [-0.4, -0.2) is 13.0 Å². The van der Waals surface area contributed by atoms with E-state index in [1.807, 2.05) is 0 Å². The topological polar surface area (TPSA) is 36.4 Å². The molecule has 1 aromatic carbocycles. The van der Waals surface area contributed by atoms with E-state index in [0.29, 0.717) is 0 Å². The molecule has 0 fully saturated rings. The maximum atomic E-state index is 4.23. The van der Waals surface area contributed by atoms with Gasteiger partial charge in [-0.1, -0.05) is 30.3 Å². The predicted octanol–water partition coefficient (Wildman–Crippen LogP) is 2.92. The Labute approximate surface area is 118 Å². The van der Waals surface area contributed by atoms with E-state index in [1.54, 1.807) is 18.4 Å². The van der Waals surface area contributed by atoms with Crippen LogP contribution in [0.5, 0.6) is 0 Å². The first-order valence-electron chi connectivity index (χ1n) is 6.31. The highest BCUT2D eigenvalue weighted by molar-refractivity contribution is 7.09. The number of nitrogens with zero attached hydrogens (tertiary/aromatic N) is 1. The molecule has 0 radical (unpaired) electrons. The molecule has 0 spiro atoms. The van der Waals surface area contributed by atoms with Gasteiger partial charge in [-0.05, 0) is 29.5 Å². The first-order chi connectivity index (χ1) is 9.29.